The molecule has 1 N–H and O–H groups in total. The summed E-state index contributed by atoms with van der Waals surface area (Å²) in [4.78, 5) is 17.7. The minimum absolute atomic E-state index is 0. The monoisotopic (exact) mass is 208 g/mol. The summed E-state index contributed by atoms with van der Waals surface area (Å²) in [5, 5.41) is 0. The molecule has 0 atom stereocenters. The van der Waals surface area contributed by atoms with Crippen LogP contribution in [0.5, 0.6) is 0 Å². The maximum atomic E-state index is 10.7. The highest BCUT2D eigenvalue weighted by Crippen LogP contribution is 2.17. The number of aromatic amines is 1. The first-order chi connectivity index (χ1) is 6.42. The van der Waals surface area contributed by atoms with Gasteiger partial charge in [-0.15, -0.1) is 12.4 Å². The van der Waals surface area contributed by atoms with E-state index >= 15 is 0 Å². The minimum atomic E-state index is 0. The summed E-state index contributed by atoms with van der Waals surface area (Å²) < 4.78 is 0. The SMILES string of the molecule is Cl.O=Cc1ccccc1-c1ncc[nH]1. The number of nitrogens with zero attached hydrogens (tertiary/aromatic N) is 1. The molecule has 1 heterocycles. The molecule has 0 saturated heterocycles. The van der Waals surface area contributed by atoms with Gasteiger partial charge in [0.05, 0.1) is 0 Å². The second kappa shape index (κ2) is 4.58. The summed E-state index contributed by atoms with van der Waals surface area (Å²) in [5.41, 5.74) is 1.49. The molecule has 2 rings (SSSR count). The lowest BCUT2D eigenvalue weighted by Gasteiger charge is -1.98. The van der Waals surface area contributed by atoms with Crippen LogP contribution in [0.4, 0.5) is 0 Å². The third-order valence-electron chi connectivity index (χ3n) is 1.84. The summed E-state index contributed by atoms with van der Waals surface area (Å²) >= 11 is 0. The number of hydrogen-bond acceptors (Lipinski definition) is 2. The Hall–Kier alpha value is -1.61. The van der Waals surface area contributed by atoms with Crippen molar-refractivity contribution in [1.29, 1.82) is 0 Å². The summed E-state index contributed by atoms with van der Waals surface area (Å²) in [6.07, 6.45) is 4.23. The molecule has 0 amide bonds. The van der Waals surface area contributed by atoms with Crippen LogP contribution in [-0.2, 0) is 0 Å². The molecule has 0 aliphatic rings. The predicted octanol–water partition coefficient (Wildman–Crippen LogP) is 2.31. The number of aromatic nitrogens is 2. The second-order valence-electron chi connectivity index (χ2n) is 2.64. The molecule has 4 heteroatoms. The van der Waals surface area contributed by atoms with E-state index in [1.54, 1.807) is 18.5 Å². The van der Waals surface area contributed by atoms with Gasteiger partial charge in [0.15, 0.2) is 6.29 Å². The van der Waals surface area contributed by atoms with Gasteiger partial charge in [-0.2, -0.15) is 0 Å². The van der Waals surface area contributed by atoms with Gasteiger partial charge in [-0.25, -0.2) is 4.98 Å². The number of carbonyl (C=O) groups excluding carboxylic acids is 1. The third-order valence-corrected chi connectivity index (χ3v) is 1.84. The van der Waals surface area contributed by atoms with Crippen LogP contribution >= 0.6 is 12.4 Å². The Labute approximate surface area is 87.6 Å². The molecule has 2 aromatic rings. The molecule has 1 aromatic carbocycles. The molecule has 0 spiro atoms. The van der Waals surface area contributed by atoms with Gasteiger partial charge in [0, 0.05) is 23.5 Å². The highest BCUT2D eigenvalue weighted by Gasteiger charge is 2.03. The van der Waals surface area contributed by atoms with Crippen molar-refractivity contribution in [3.05, 3.63) is 42.2 Å². The maximum Gasteiger partial charge on any atom is 0.150 e. The van der Waals surface area contributed by atoms with Crippen molar-refractivity contribution in [2.75, 3.05) is 0 Å². The summed E-state index contributed by atoms with van der Waals surface area (Å²) in [6.45, 7) is 0. The Morgan fingerprint density at radius 2 is 2.07 bits per heavy atom. The molecule has 0 unspecified atom stereocenters. The number of H-pyrrole nitrogens is 1. The zero-order chi connectivity index (χ0) is 9.10. The fourth-order valence-electron chi connectivity index (χ4n) is 1.23. The van der Waals surface area contributed by atoms with E-state index in [0.29, 0.717) is 5.56 Å². The van der Waals surface area contributed by atoms with Crippen LogP contribution in [0.25, 0.3) is 11.4 Å². The predicted molar refractivity (Wildman–Crippen MR) is 56.7 cm³/mol. The highest BCUT2D eigenvalue weighted by molar-refractivity contribution is 5.85. The molecule has 0 bridgehead atoms. The molecule has 0 aliphatic heterocycles. The molecule has 1 aromatic heterocycles. The second-order valence-corrected chi connectivity index (χ2v) is 2.64. The topological polar surface area (TPSA) is 45.8 Å². The van der Waals surface area contributed by atoms with Gasteiger partial charge in [-0.1, -0.05) is 24.3 Å². The number of halogens is 1. The van der Waals surface area contributed by atoms with Crippen LogP contribution in [0.3, 0.4) is 0 Å². The summed E-state index contributed by atoms with van der Waals surface area (Å²) in [6, 6.07) is 7.34. The number of carbonyl (C=O) groups is 1. The van der Waals surface area contributed by atoms with Crippen LogP contribution in [0, 0.1) is 0 Å². The van der Waals surface area contributed by atoms with Gasteiger partial charge < -0.3 is 4.98 Å². The Morgan fingerprint density at radius 3 is 2.71 bits per heavy atom. The lowest BCUT2D eigenvalue weighted by atomic mass is 10.1. The fraction of sp³-hybridized carbons (Fsp3) is 0. The maximum absolute atomic E-state index is 10.7. The molecule has 14 heavy (non-hydrogen) atoms. The van der Waals surface area contributed by atoms with Crippen LogP contribution in [-0.4, -0.2) is 16.3 Å². The standard InChI is InChI=1S/C10H8N2O.ClH/c13-7-8-3-1-2-4-9(8)10-11-5-6-12-10;/h1-7H,(H,11,12);1H. The van der Waals surface area contributed by atoms with Gasteiger partial charge in [0.25, 0.3) is 0 Å². The van der Waals surface area contributed by atoms with E-state index in [-0.39, 0.29) is 12.4 Å². The number of imidazole rings is 1. The molecule has 72 valence electrons. The average molecular weight is 209 g/mol. The third kappa shape index (κ3) is 1.83. The number of benzene rings is 1. The van der Waals surface area contributed by atoms with Crippen molar-refractivity contribution in [2.24, 2.45) is 0 Å². The van der Waals surface area contributed by atoms with E-state index in [2.05, 4.69) is 9.97 Å². The van der Waals surface area contributed by atoms with Crippen molar-refractivity contribution in [2.45, 2.75) is 0 Å². The van der Waals surface area contributed by atoms with Crippen molar-refractivity contribution in [3.63, 3.8) is 0 Å². The zero-order valence-corrected chi connectivity index (χ0v) is 8.12. The number of hydrogen-bond donors (Lipinski definition) is 1. The van der Waals surface area contributed by atoms with Crippen LogP contribution in [0.15, 0.2) is 36.7 Å². The van der Waals surface area contributed by atoms with Crippen molar-refractivity contribution in [1.82, 2.24) is 9.97 Å². The van der Waals surface area contributed by atoms with Crippen LogP contribution in [0.2, 0.25) is 0 Å². The molecule has 0 saturated carbocycles. The van der Waals surface area contributed by atoms with Crippen LogP contribution in [0.1, 0.15) is 10.4 Å². The van der Waals surface area contributed by atoms with Gasteiger partial charge in [0.2, 0.25) is 0 Å². The van der Waals surface area contributed by atoms with Crippen molar-refractivity contribution >= 4 is 18.7 Å². The normalized spacial score (nSPS) is 9.14. The first kappa shape index (κ1) is 10.5. The van der Waals surface area contributed by atoms with E-state index < -0.39 is 0 Å². The smallest absolute Gasteiger partial charge is 0.150 e. The van der Waals surface area contributed by atoms with Crippen molar-refractivity contribution in [3.8, 4) is 11.4 Å². The Morgan fingerprint density at radius 1 is 1.29 bits per heavy atom. The van der Waals surface area contributed by atoms with Gasteiger partial charge >= 0.3 is 0 Å². The molecule has 0 fully saturated rings. The first-order valence-electron chi connectivity index (χ1n) is 3.96. The number of nitrogens with one attached hydrogen (secondary N) is 1. The summed E-state index contributed by atoms with van der Waals surface area (Å²) in [5.74, 6) is 0.725. The van der Waals surface area contributed by atoms with E-state index in [4.69, 9.17) is 0 Å². The van der Waals surface area contributed by atoms with Gasteiger partial charge in [0.1, 0.15) is 5.82 Å². The summed E-state index contributed by atoms with van der Waals surface area (Å²) in [7, 11) is 0. The molecule has 3 nitrogen and oxygen atoms in total. The Bertz CT molecular complexity index is 412. The first-order valence-corrected chi connectivity index (χ1v) is 3.96. The molecule has 0 aliphatic carbocycles. The van der Waals surface area contributed by atoms with E-state index in [9.17, 15) is 4.79 Å². The molecular formula is C10H9ClN2O. The highest BCUT2D eigenvalue weighted by atomic mass is 35.5. The lowest BCUT2D eigenvalue weighted by molar-refractivity contribution is 0.112. The lowest BCUT2D eigenvalue weighted by Crippen LogP contribution is -1.87. The Kier molecular flexibility index (Phi) is 3.42. The zero-order valence-electron chi connectivity index (χ0n) is 7.31. The van der Waals surface area contributed by atoms with E-state index in [1.165, 1.54) is 0 Å². The van der Waals surface area contributed by atoms with Gasteiger partial charge in [-0.05, 0) is 0 Å². The van der Waals surface area contributed by atoms with Gasteiger partial charge in [-0.3, -0.25) is 4.79 Å². The fourth-order valence-corrected chi connectivity index (χ4v) is 1.23. The Balaban J connectivity index is 0.000000980. The van der Waals surface area contributed by atoms with E-state index in [1.807, 2.05) is 18.2 Å². The minimum Gasteiger partial charge on any atom is -0.345 e. The number of aldehydes is 1. The van der Waals surface area contributed by atoms with E-state index in [0.717, 1.165) is 17.7 Å². The van der Waals surface area contributed by atoms with Crippen LogP contribution < -0.4 is 0 Å². The number of rotatable bonds is 2. The largest absolute Gasteiger partial charge is 0.345 e. The molecule has 0 radical (unpaired) electrons. The quantitative estimate of drug-likeness (QED) is 0.770. The average Bonchev–Trinajstić information content (AvgIpc) is 2.70. The molecular weight excluding hydrogens is 200 g/mol. The van der Waals surface area contributed by atoms with Crippen molar-refractivity contribution < 1.29 is 4.79 Å².